The molecule has 2 aromatic rings. The minimum Gasteiger partial charge on any atom is -0.423 e. The number of aryl methyl sites for hydroxylation is 1. The Morgan fingerprint density at radius 2 is 1.95 bits per heavy atom. The molecule has 0 fully saturated rings. The number of hydrogen-bond acceptors (Lipinski definition) is 7. The molecule has 1 atom stereocenters. The molecule has 3 N–H and O–H groups in total. The van der Waals surface area contributed by atoms with Gasteiger partial charge >= 0.3 is 0 Å². The van der Waals surface area contributed by atoms with E-state index >= 15 is 0 Å². The smallest absolute Gasteiger partial charge is 0.238 e. The molecule has 0 saturated carbocycles. The summed E-state index contributed by atoms with van der Waals surface area (Å²) in [5.74, 6) is 2.32. The van der Waals surface area contributed by atoms with Gasteiger partial charge in [0.25, 0.3) is 0 Å². The molecular formula is C13H20N6O. The van der Waals surface area contributed by atoms with E-state index in [9.17, 15) is 0 Å². The van der Waals surface area contributed by atoms with Crippen LogP contribution in [0, 0.1) is 0 Å². The number of nitrogen functional groups attached to an aromatic ring is 1. The lowest BCUT2D eigenvalue weighted by atomic mass is 10.2. The highest BCUT2D eigenvalue weighted by atomic mass is 16.4. The second-order valence-electron chi connectivity index (χ2n) is 4.95. The molecule has 7 heteroatoms. The Kier molecular flexibility index (Phi) is 4.16. The minimum atomic E-state index is -0.144. The van der Waals surface area contributed by atoms with E-state index in [1.54, 1.807) is 6.20 Å². The molecule has 0 aliphatic rings. The average molecular weight is 276 g/mol. The van der Waals surface area contributed by atoms with Crippen molar-refractivity contribution in [3.8, 4) is 0 Å². The summed E-state index contributed by atoms with van der Waals surface area (Å²) in [6.07, 6.45) is 2.54. The van der Waals surface area contributed by atoms with E-state index in [4.69, 9.17) is 10.2 Å². The molecule has 108 valence electrons. The molecule has 0 aliphatic carbocycles. The van der Waals surface area contributed by atoms with Crippen LogP contribution in [-0.4, -0.2) is 20.2 Å². The summed E-state index contributed by atoms with van der Waals surface area (Å²) in [6.45, 7) is 8.00. The number of anilines is 2. The first-order valence-corrected chi connectivity index (χ1v) is 6.72. The number of nitrogens with zero attached hydrogens (tertiary/aromatic N) is 4. The molecule has 0 bridgehead atoms. The Morgan fingerprint density at radius 1 is 1.25 bits per heavy atom. The lowest BCUT2D eigenvalue weighted by molar-refractivity contribution is 0.419. The number of nitrogens with one attached hydrogen (secondary N) is 1. The molecule has 0 aliphatic heterocycles. The van der Waals surface area contributed by atoms with Crippen molar-refractivity contribution in [2.75, 3.05) is 11.1 Å². The van der Waals surface area contributed by atoms with Gasteiger partial charge in [-0.25, -0.2) is 4.98 Å². The zero-order valence-electron chi connectivity index (χ0n) is 12.2. The third-order valence-electron chi connectivity index (χ3n) is 2.94. The van der Waals surface area contributed by atoms with E-state index < -0.39 is 0 Å². The van der Waals surface area contributed by atoms with Gasteiger partial charge in [0.2, 0.25) is 17.7 Å². The fraction of sp³-hybridized carbons (Fsp3) is 0.538. The van der Waals surface area contributed by atoms with Crippen LogP contribution in [0.1, 0.15) is 57.0 Å². The highest BCUT2D eigenvalue weighted by molar-refractivity contribution is 5.46. The van der Waals surface area contributed by atoms with E-state index in [1.807, 2.05) is 27.7 Å². The quantitative estimate of drug-likeness (QED) is 0.863. The summed E-state index contributed by atoms with van der Waals surface area (Å²) < 4.78 is 5.62. The van der Waals surface area contributed by atoms with Crippen LogP contribution in [0.25, 0.3) is 0 Å². The van der Waals surface area contributed by atoms with Crippen molar-refractivity contribution in [3.63, 3.8) is 0 Å². The standard InChI is InChI=1S/C13H20N6O/c1-5-9-6-15-13(14)17-10(9)16-8(4)12-19-18-11(20-12)7(2)3/h6-8H,5H2,1-4H3,(H3,14,15,16,17)/t8-/m0/s1. The molecule has 0 saturated heterocycles. The summed E-state index contributed by atoms with van der Waals surface area (Å²) in [5.41, 5.74) is 6.62. The molecule has 20 heavy (non-hydrogen) atoms. The maximum Gasteiger partial charge on any atom is 0.238 e. The highest BCUT2D eigenvalue weighted by Gasteiger charge is 2.17. The predicted octanol–water partition coefficient (Wildman–Crippen LogP) is 2.30. The Morgan fingerprint density at radius 3 is 2.55 bits per heavy atom. The van der Waals surface area contributed by atoms with Gasteiger partial charge in [0, 0.05) is 17.7 Å². The maximum atomic E-state index is 5.63. The topological polar surface area (TPSA) is 103 Å². The van der Waals surface area contributed by atoms with Crippen LogP contribution in [0.3, 0.4) is 0 Å². The van der Waals surface area contributed by atoms with E-state index in [-0.39, 0.29) is 17.9 Å². The Bertz CT molecular complexity index is 580. The van der Waals surface area contributed by atoms with E-state index in [2.05, 4.69) is 25.5 Å². The van der Waals surface area contributed by atoms with Gasteiger partial charge in [0.1, 0.15) is 11.9 Å². The molecule has 2 aromatic heterocycles. The number of nitrogens with two attached hydrogens (primary N) is 1. The van der Waals surface area contributed by atoms with Gasteiger partial charge in [-0.2, -0.15) is 4.98 Å². The van der Waals surface area contributed by atoms with E-state index in [1.165, 1.54) is 0 Å². The number of rotatable bonds is 5. The normalized spacial score (nSPS) is 12.7. The summed E-state index contributed by atoms with van der Waals surface area (Å²) >= 11 is 0. The summed E-state index contributed by atoms with van der Waals surface area (Å²) in [7, 11) is 0. The van der Waals surface area contributed by atoms with Crippen LogP contribution in [0.5, 0.6) is 0 Å². The van der Waals surface area contributed by atoms with Crippen LogP contribution in [0.15, 0.2) is 10.6 Å². The van der Waals surface area contributed by atoms with Gasteiger partial charge in [-0.1, -0.05) is 20.8 Å². The van der Waals surface area contributed by atoms with E-state index in [0.29, 0.717) is 17.6 Å². The largest absolute Gasteiger partial charge is 0.423 e. The van der Waals surface area contributed by atoms with Crippen molar-refractivity contribution in [2.45, 2.75) is 46.1 Å². The predicted molar refractivity (Wildman–Crippen MR) is 76.2 cm³/mol. The van der Waals surface area contributed by atoms with Crippen LogP contribution in [0.4, 0.5) is 11.8 Å². The van der Waals surface area contributed by atoms with Crippen LogP contribution in [0.2, 0.25) is 0 Å². The summed E-state index contributed by atoms with van der Waals surface area (Å²) in [4.78, 5) is 8.21. The fourth-order valence-electron chi connectivity index (χ4n) is 1.73. The average Bonchev–Trinajstić information content (AvgIpc) is 2.89. The summed E-state index contributed by atoms with van der Waals surface area (Å²) in [6, 6.07) is -0.144. The van der Waals surface area contributed by atoms with Crippen molar-refractivity contribution in [1.82, 2.24) is 20.2 Å². The Hall–Kier alpha value is -2.18. The fourth-order valence-corrected chi connectivity index (χ4v) is 1.73. The Balaban J connectivity index is 2.18. The second kappa shape index (κ2) is 5.85. The second-order valence-corrected chi connectivity index (χ2v) is 4.95. The van der Waals surface area contributed by atoms with Gasteiger partial charge in [0.05, 0.1) is 0 Å². The first-order valence-electron chi connectivity index (χ1n) is 6.72. The molecular weight excluding hydrogens is 256 g/mol. The van der Waals surface area contributed by atoms with Crippen LogP contribution in [-0.2, 0) is 6.42 Å². The zero-order valence-corrected chi connectivity index (χ0v) is 12.2. The maximum absolute atomic E-state index is 5.63. The molecule has 0 spiro atoms. The van der Waals surface area contributed by atoms with Crippen LogP contribution >= 0.6 is 0 Å². The van der Waals surface area contributed by atoms with Crippen molar-refractivity contribution in [3.05, 3.63) is 23.5 Å². The third kappa shape index (κ3) is 3.04. The lowest BCUT2D eigenvalue weighted by Crippen LogP contribution is -2.12. The van der Waals surface area contributed by atoms with Gasteiger partial charge in [-0.3, -0.25) is 0 Å². The van der Waals surface area contributed by atoms with Crippen molar-refractivity contribution in [2.24, 2.45) is 0 Å². The molecule has 2 heterocycles. The van der Waals surface area contributed by atoms with Crippen molar-refractivity contribution < 1.29 is 4.42 Å². The van der Waals surface area contributed by atoms with Crippen molar-refractivity contribution >= 4 is 11.8 Å². The monoisotopic (exact) mass is 276 g/mol. The zero-order chi connectivity index (χ0) is 14.7. The number of aromatic nitrogens is 4. The third-order valence-corrected chi connectivity index (χ3v) is 2.94. The van der Waals surface area contributed by atoms with Crippen molar-refractivity contribution in [1.29, 1.82) is 0 Å². The molecule has 0 aromatic carbocycles. The lowest BCUT2D eigenvalue weighted by Gasteiger charge is -2.13. The van der Waals surface area contributed by atoms with Gasteiger partial charge in [-0.05, 0) is 13.3 Å². The SMILES string of the molecule is CCc1cnc(N)nc1N[C@@H](C)c1nnc(C(C)C)o1. The van der Waals surface area contributed by atoms with Crippen LogP contribution < -0.4 is 11.1 Å². The first-order chi connectivity index (χ1) is 9.51. The van der Waals surface area contributed by atoms with Gasteiger partial charge in [0.15, 0.2) is 0 Å². The molecule has 0 unspecified atom stereocenters. The van der Waals surface area contributed by atoms with Gasteiger partial charge in [-0.15, -0.1) is 10.2 Å². The molecule has 0 radical (unpaired) electrons. The molecule has 2 rings (SSSR count). The highest BCUT2D eigenvalue weighted by Crippen LogP contribution is 2.22. The molecule has 7 nitrogen and oxygen atoms in total. The summed E-state index contributed by atoms with van der Waals surface area (Å²) in [5, 5.41) is 11.3. The first kappa shape index (κ1) is 14.2. The Labute approximate surface area is 118 Å². The minimum absolute atomic E-state index is 0.144. The van der Waals surface area contributed by atoms with Gasteiger partial charge < -0.3 is 15.5 Å². The van der Waals surface area contributed by atoms with E-state index in [0.717, 1.165) is 12.0 Å². The molecule has 0 amide bonds. The number of hydrogen-bond donors (Lipinski definition) is 2.